The van der Waals surface area contributed by atoms with Crippen molar-refractivity contribution < 1.29 is 41.6 Å². The topological polar surface area (TPSA) is 185 Å². The van der Waals surface area contributed by atoms with E-state index >= 15 is 0 Å². The average Bonchev–Trinajstić information content (AvgIpc) is 3.67. The summed E-state index contributed by atoms with van der Waals surface area (Å²) in [5.41, 5.74) is -0.0290. The number of fused-ring (bicyclic) bond motifs is 1. The quantitative estimate of drug-likeness (QED) is 0.101. The van der Waals surface area contributed by atoms with Crippen LogP contribution in [0.25, 0.3) is 32.6 Å². The summed E-state index contributed by atoms with van der Waals surface area (Å²) in [6, 6.07) is 5.73. The highest BCUT2D eigenvalue weighted by Crippen LogP contribution is 2.39. The maximum atomic E-state index is 13.5. The van der Waals surface area contributed by atoms with Crippen LogP contribution in [0.1, 0.15) is 42.2 Å². The van der Waals surface area contributed by atoms with E-state index in [1.807, 2.05) is 0 Å². The minimum atomic E-state index is -4.66. The van der Waals surface area contributed by atoms with Crippen LogP contribution in [0.2, 0.25) is 0 Å². The molecule has 3 amide bonds. The Balaban J connectivity index is 1.53. The van der Waals surface area contributed by atoms with E-state index in [9.17, 15) is 32.1 Å². The Kier molecular flexibility index (Phi) is 10.1. The molecule has 0 atom stereocenters. The monoisotopic (exact) mass is 694 g/mol. The van der Waals surface area contributed by atoms with Crippen molar-refractivity contribution in [2.75, 3.05) is 25.0 Å². The van der Waals surface area contributed by atoms with E-state index in [-0.39, 0.29) is 46.9 Å². The smallest absolute Gasteiger partial charge is 0.352 e. The van der Waals surface area contributed by atoms with Crippen molar-refractivity contribution in [1.29, 1.82) is 0 Å². The maximum Gasteiger partial charge on any atom is 0.469 e. The number of pyridine rings is 2. The maximum absolute atomic E-state index is 13.5. The average molecular weight is 695 g/mol. The molecule has 0 aliphatic heterocycles. The number of carbonyl (C=O) groups excluding carboxylic acids is 2. The van der Waals surface area contributed by atoms with Gasteiger partial charge in [-0.3, -0.25) is 19.4 Å². The highest BCUT2D eigenvalue weighted by molar-refractivity contribution is 7.46. The number of anilines is 1. The van der Waals surface area contributed by atoms with Crippen LogP contribution in [0, 0.1) is 5.92 Å². The van der Waals surface area contributed by atoms with Crippen LogP contribution in [-0.2, 0) is 21.8 Å². The van der Waals surface area contributed by atoms with Crippen molar-refractivity contribution in [3.63, 3.8) is 0 Å². The minimum Gasteiger partial charge on any atom is -0.352 e. The molecule has 1 aliphatic carbocycles. The Bertz CT molecular complexity index is 1920. The van der Waals surface area contributed by atoms with E-state index < -0.39 is 37.1 Å². The summed E-state index contributed by atoms with van der Waals surface area (Å²) < 4.78 is 57.4. The van der Waals surface area contributed by atoms with Crippen LogP contribution in [0.4, 0.5) is 23.8 Å². The molecule has 0 unspecified atom stereocenters. The number of halogens is 3. The first-order valence-corrected chi connectivity index (χ1v) is 16.9. The van der Waals surface area contributed by atoms with Gasteiger partial charge in [0.25, 0.3) is 5.91 Å². The molecule has 0 radical (unpaired) electrons. The first kappa shape index (κ1) is 34.2. The van der Waals surface area contributed by atoms with Gasteiger partial charge in [-0.1, -0.05) is 6.07 Å². The number of benzene rings is 1. The van der Waals surface area contributed by atoms with Gasteiger partial charge in [0.15, 0.2) is 5.69 Å². The SMILES string of the molecule is CCNC(=O)Nc1cc(-c2nc(C(F)(F)F)cs2)c(-c2ccc3c(=O)c(C(=O)NCCCOP(=O)(O)O)cn(CC4CC4)c3c2)cn1. The van der Waals surface area contributed by atoms with Gasteiger partial charge in [-0.2, -0.15) is 13.2 Å². The number of urea groups is 1. The first-order valence-electron chi connectivity index (χ1n) is 14.5. The molecule has 1 saturated carbocycles. The number of alkyl halides is 3. The second-order valence-corrected chi connectivity index (χ2v) is 12.9. The van der Waals surface area contributed by atoms with Gasteiger partial charge in [0.2, 0.25) is 5.43 Å². The largest absolute Gasteiger partial charge is 0.469 e. The molecule has 47 heavy (non-hydrogen) atoms. The van der Waals surface area contributed by atoms with Gasteiger partial charge < -0.3 is 25.0 Å². The Morgan fingerprint density at radius 1 is 1.17 bits per heavy atom. The molecule has 0 spiro atoms. The number of hydrogen-bond donors (Lipinski definition) is 5. The van der Waals surface area contributed by atoms with Crippen molar-refractivity contribution in [3.8, 4) is 21.7 Å². The zero-order valence-corrected chi connectivity index (χ0v) is 26.5. The Morgan fingerprint density at radius 3 is 2.60 bits per heavy atom. The number of thiazole rings is 1. The highest BCUT2D eigenvalue weighted by Gasteiger charge is 2.34. The standard InChI is InChI=1S/C29H30F3N6O7PS/c1-2-33-28(41)37-24-11-19(27-36-23(15-47-27)29(30,31)32)20(12-35-24)17-6-7-18-22(10-17)38(13-16-4-5-16)14-21(25(18)39)26(40)34-8-3-9-45-46(42,43)44/h6-7,10-12,14-16H,2-5,8-9,13H2,1H3,(H,34,40)(H2,42,43,44)(H2,33,35,37,41). The number of phosphoric acid groups is 1. The summed E-state index contributed by atoms with van der Waals surface area (Å²) in [5, 5.41) is 8.88. The lowest BCUT2D eigenvalue weighted by Gasteiger charge is -2.16. The van der Waals surface area contributed by atoms with E-state index in [2.05, 4.69) is 30.4 Å². The Labute approximate surface area is 269 Å². The second-order valence-electron chi connectivity index (χ2n) is 10.8. The van der Waals surface area contributed by atoms with Crippen LogP contribution in [0.15, 0.2) is 46.8 Å². The third-order valence-corrected chi connectivity index (χ3v) is 8.56. The summed E-state index contributed by atoms with van der Waals surface area (Å²) in [6.45, 7) is 2.29. The van der Waals surface area contributed by atoms with E-state index in [0.29, 0.717) is 35.7 Å². The molecule has 1 aromatic carbocycles. The molecule has 250 valence electrons. The highest BCUT2D eigenvalue weighted by atomic mass is 32.1. The molecule has 18 heteroatoms. The van der Waals surface area contributed by atoms with Gasteiger partial charge in [-0.05, 0) is 55.9 Å². The molecule has 13 nitrogen and oxygen atoms in total. The van der Waals surface area contributed by atoms with Crippen LogP contribution in [0.5, 0.6) is 0 Å². The summed E-state index contributed by atoms with van der Waals surface area (Å²) in [4.78, 5) is 64.3. The zero-order chi connectivity index (χ0) is 33.9. The molecule has 3 heterocycles. The normalized spacial score (nSPS) is 13.5. The molecule has 1 fully saturated rings. The third-order valence-electron chi connectivity index (χ3n) is 7.16. The number of nitrogens with one attached hydrogen (secondary N) is 3. The lowest BCUT2D eigenvalue weighted by molar-refractivity contribution is -0.140. The Hall–Kier alpha value is -4.15. The fraction of sp³-hybridized carbons (Fsp3) is 0.345. The summed E-state index contributed by atoms with van der Waals surface area (Å²) in [7, 11) is -4.64. The second kappa shape index (κ2) is 13.9. The van der Waals surface area contributed by atoms with Crippen LogP contribution in [0.3, 0.4) is 0 Å². The molecule has 0 bridgehead atoms. The van der Waals surface area contributed by atoms with E-state index in [1.165, 1.54) is 24.5 Å². The van der Waals surface area contributed by atoms with Gasteiger partial charge in [0.1, 0.15) is 16.4 Å². The minimum absolute atomic E-state index is 0.00537. The predicted octanol–water partition coefficient (Wildman–Crippen LogP) is 4.99. The third kappa shape index (κ3) is 8.61. The van der Waals surface area contributed by atoms with E-state index in [4.69, 9.17) is 9.79 Å². The van der Waals surface area contributed by atoms with Crippen molar-refractivity contribution in [1.82, 2.24) is 25.2 Å². The molecule has 0 saturated heterocycles. The van der Waals surface area contributed by atoms with E-state index in [1.54, 1.807) is 23.6 Å². The number of aromatic nitrogens is 3. The fourth-order valence-corrected chi connectivity index (χ4v) is 6.00. The summed E-state index contributed by atoms with van der Waals surface area (Å²) in [6.07, 6.45) is 0.244. The van der Waals surface area contributed by atoms with Gasteiger partial charge in [0, 0.05) is 53.9 Å². The number of carbonyl (C=O) groups is 2. The van der Waals surface area contributed by atoms with Crippen molar-refractivity contribution in [2.24, 2.45) is 5.92 Å². The lowest BCUT2D eigenvalue weighted by atomic mass is 9.99. The van der Waals surface area contributed by atoms with Gasteiger partial charge in [-0.25, -0.2) is 19.3 Å². The summed E-state index contributed by atoms with van der Waals surface area (Å²) >= 11 is 0.784. The predicted molar refractivity (Wildman–Crippen MR) is 168 cm³/mol. The van der Waals surface area contributed by atoms with E-state index in [0.717, 1.165) is 29.6 Å². The number of hydrogen-bond acceptors (Lipinski definition) is 8. The number of nitrogens with zero attached hydrogens (tertiary/aromatic N) is 3. The molecular weight excluding hydrogens is 664 g/mol. The lowest BCUT2D eigenvalue weighted by Crippen LogP contribution is -2.31. The van der Waals surface area contributed by atoms with Crippen LogP contribution < -0.4 is 21.4 Å². The van der Waals surface area contributed by atoms with Crippen molar-refractivity contribution in [2.45, 2.75) is 38.9 Å². The Morgan fingerprint density at radius 2 is 1.94 bits per heavy atom. The van der Waals surface area contributed by atoms with Crippen LogP contribution >= 0.6 is 19.2 Å². The molecule has 3 aromatic heterocycles. The van der Waals surface area contributed by atoms with Crippen molar-refractivity contribution in [3.05, 3.63) is 63.5 Å². The number of phosphoric ester groups is 1. The fourth-order valence-electron chi connectivity index (χ4n) is 4.78. The number of rotatable bonds is 12. The first-order chi connectivity index (χ1) is 22.2. The van der Waals surface area contributed by atoms with Crippen LogP contribution in [-0.4, -0.2) is 56.0 Å². The van der Waals surface area contributed by atoms with Crippen molar-refractivity contribution >= 4 is 47.8 Å². The molecule has 4 aromatic rings. The molecule has 1 aliphatic rings. The molecule has 5 N–H and O–H groups in total. The number of amides is 3. The molecule has 5 rings (SSSR count). The van der Waals surface area contributed by atoms with Gasteiger partial charge >= 0.3 is 20.0 Å². The van der Waals surface area contributed by atoms with Gasteiger partial charge in [-0.15, -0.1) is 11.3 Å². The summed E-state index contributed by atoms with van der Waals surface area (Å²) in [5.74, 6) is -0.237. The zero-order valence-electron chi connectivity index (χ0n) is 24.8. The van der Waals surface area contributed by atoms with Gasteiger partial charge in [0.05, 0.1) is 12.1 Å². The molecular formula is C29H30F3N6O7PS.